The molecule has 0 aromatic heterocycles. The van der Waals surface area contributed by atoms with E-state index >= 15 is 0 Å². The molecule has 0 aromatic carbocycles. The molecule has 0 fully saturated rings. The van der Waals surface area contributed by atoms with Gasteiger partial charge in [-0.15, -0.1) is 0 Å². The van der Waals surface area contributed by atoms with E-state index in [4.69, 9.17) is 13.8 Å². The van der Waals surface area contributed by atoms with Gasteiger partial charge in [0.2, 0.25) is 5.91 Å². The van der Waals surface area contributed by atoms with Crippen molar-refractivity contribution in [2.75, 3.05) is 40.9 Å². The Morgan fingerprint density at radius 1 is 0.462 bits per heavy atom. The van der Waals surface area contributed by atoms with Crippen molar-refractivity contribution in [3.8, 4) is 0 Å². The summed E-state index contributed by atoms with van der Waals surface area (Å²) in [5.41, 5.74) is 0. The van der Waals surface area contributed by atoms with E-state index in [1.165, 1.54) is 154 Å². The lowest BCUT2D eigenvalue weighted by atomic mass is 10.0. The summed E-state index contributed by atoms with van der Waals surface area (Å²) < 4.78 is 30.6. The standard InChI is InChI=1S/C68H121N2O7P/c1-7-10-13-16-19-22-25-28-30-32-34-35-37-38-40-42-45-48-51-54-57-60-67(71)69-65(64-76-78(73,74)75-63-62-70(4,5)6)66(59-56-53-50-47-44-27-24-21-18-15-12-9-3)77-68(72)61-58-55-52-49-46-43-41-39-36-33-31-29-26-23-20-17-14-11-8-2/h11,14,20,23,28-31,36,39,43,46,52,55-56,59,65-66H,7-10,12-13,15-19,21-22,24-27,32-35,37-38,40-42,44-45,47-51,53-54,57-58,60-64H2,1-6H3,(H-,69,71,73,74)/p+1/b14-11-,23-20-,30-28+,31-29-,39-36-,46-43-,55-52-,59-56+. The van der Waals surface area contributed by atoms with E-state index in [1.807, 2.05) is 39.4 Å². The second-order valence-corrected chi connectivity index (χ2v) is 24.0. The summed E-state index contributed by atoms with van der Waals surface area (Å²) in [6, 6.07) is -0.884. The molecule has 0 spiro atoms. The van der Waals surface area contributed by atoms with Gasteiger partial charge in [-0.3, -0.25) is 18.6 Å². The van der Waals surface area contributed by atoms with Crippen molar-refractivity contribution in [1.82, 2.24) is 5.32 Å². The van der Waals surface area contributed by atoms with Crippen LogP contribution < -0.4 is 5.32 Å². The Morgan fingerprint density at radius 3 is 1.26 bits per heavy atom. The summed E-state index contributed by atoms with van der Waals surface area (Å²) in [5, 5.41) is 3.04. The predicted molar refractivity (Wildman–Crippen MR) is 337 cm³/mol. The Morgan fingerprint density at radius 2 is 0.833 bits per heavy atom. The third kappa shape index (κ3) is 57.6. The molecule has 0 aliphatic carbocycles. The van der Waals surface area contributed by atoms with Gasteiger partial charge in [0.05, 0.1) is 33.8 Å². The normalized spacial score (nSPS) is 14.3. The molecule has 1 amide bonds. The minimum atomic E-state index is -4.47. The third-order valence-corrected chi connectivity index (χ3v) is 14.8. The smallest absolute Gasteiger partial charge is 0.456 e. The third-order valence-electron chi connectivity index (χ3n) is 13.8. The summed E-state index contributed by atoms with van der Waals surface area (Å²) >= 11 is 0. The Bertz CT molecular complexity index is 1660. The van der Waals surface area contributed by atoms with Crippen molar-refractivity contribution < 1.29 is 37.3 Å². The number of hydrogen-bond acceptors (Lipinski definition) is 6. The molecule has 0 aliphatic rings. The molecule has 0 heterocycles. The van der Waals surface area contributed by atoms with Crippen molar-refractivity contribution in [2.45, 2.75) is 283 Å². The van der Waals surface area contributed by atoms with Gasteiger partial charge >= 0.3 is 13.8 Å². The summed E-state index contributed by atoms with van der Waals surface area (Å²) in [4.78, 5) is 37.7. The summed E-state index contributed by atoms with van der Waals surface area (Å²) in [6.45, 7) is 6.85. The lowest BCUT2D eigenvalue weighted by molar-refractivity contribution is -0.870. The van der Waals surface area contributed by atoms with Gasteiger partial charge in [-0.2, -0.15) is 0 Å². The van der Waals surface area contributed by atoms with E-state index in [1.54, 1.807) is 0 Å². The van der Waals surface area contributed by atoms with E-state index < -0.39 is 25.9 Å². The number of unbranched alkanes of at least 4 members (excludes halogenated alkanes) is 27. The fourth-order valence-corrected chi connectivity index (χ4v) is 9.58. The first-order valence-electron chi connectivity index (χ1n) is 32.1. The Kier molecular flexibility index (Phi) is 54.9. The van der Waals surface area contributed by atoms with Crippen molar-refractivity contribution in [3.63, 3.8) is 0 Å². The highest BCUT2D eigenvalue weighted by atomic mass is 31.2. The largest absolute Gasteiger partial charge is 0.472 e. The average molecular weight is 1110 g/mol. The van der Waals surface area contributed by atoms with Crippen LogP contribution in [0.5, 0.6) is 0 Å². The molecule has 0 bridgehead atoms. The molecule has 0 saturated carbocycles. The van der Waals surface area contributed by atoms with Gasteiger partial charge in [0.25, 0.3) is 0 Å². The number of allylic oxidation sites excluding steroid dienone is 15. The van der Waals surface area contributed by atoms with Gasteiger partial charge in [0, 0.05) is 12.8 Å². The number of likely N-dealkylation sites (N-methyl/N-ethyl adjacent to an activating group) is 1. The molecule has 9 nitrogen and oxygen atoms in total. The van der Waals surface area contributed by atoms with Crippen LogP contribution in [-0.4, -0.2) is 74.3 Å². The second kappa shape index (κ2) is 57.2. The summed E-state index contributed by atoms with van der Waals surface area (Å²) in [6.07, 6.45) is 77.1. The Balaban J connectivity index is 5.31. The number of amides is 1. The van der Waals surface area contributed by atoms with Crippen molar-refractivity contribution in [1.29, 1.82) is 0 Å². The molecule has 0 aromatic rings. The van der Waals surface area contributed by atoms with Gasteiger partial charge in [-0.05, 0) is 96.0 Å². The molecule has 0 aliphatic heterocycles. The van der Waals surface area contributed by atoms with Crippen LogP contribution in [0.4, 0.5) is 0 Å². The van der Waals surface area contributed by atoms with Crippen LogP contribution in [0.1, 0.15) is 271 Å². The lowest BCUT2D eigenvalue weighted by Gasteiger charge is -2.27. The molecule has 2 N–H and O–H groups in total. The van der Waals surface area contributed by atoms with E-state index in [0.29, 0.717) is 23.9 Å². The number of ether oxygens (including phenoxy) is 1. The first-order valence-corrected chi connectivity index (χ1v) is 33.6. The number of rotatable bonds is 57. The van der Waals surface area contributed by atoms with Gasteiger partial charge in [-0.25, -0.2) is 4.57 Å². The molecule has 0 radical (unpaired) electrons. The molecule has 450 valence electrons. The van der Waals surface area contributed by atoms with Gasteiger partial charge in [0.1, 0.15) is 19.3 Å². The topological polar surface area (TPSA) is 111 Å². The quantitative estimate of drug-likeness (QED) is 0.0205. The zero-order valence-electron chi connectivity index (χ0n) is 51.4. The highest BCUT2D eigenvalue weighted by Crippen LogP contribution is 2.43. The van der Waals surface area contributed by atoms with Crippen LogP contribution in [0.15, 0.2) is 97.2 Å². The number of carbonyl (C=O) groups is 2. The lowest BCUT2D eigenvalue weighted by Crippen LogP contribution is -2.47. The SMILES string of the molecule is CC/C=C\C/C=C\C/C=C\C/C=C\C/C=C\C/C=C\CCC(=O)OC(/C=C/CCCCCCCCCCCC)C(COP(=O)(O)OCC[N+](C)(C)C)NC(=O)CCCCCCCCCCCCC/C=C/CCCCCCCC. The van der Waals surface area contributed by atoms with Gasteiger partial charge in [-0.1, -0.05) is 260 Å². The molecule has 78 heavy (non-hydrogen) atoms. The van der Waals surface area contributed by atoms with E-state index in [9.17, 15) is 19.0 Å². The molecule has 3 unspecified atom stereocenters. The highest BCUT2D eigenvalue weighted by Gasteiger charge is 2.30. The summed E-state index contributed by atoms with van der Waals surface area (Å²) in [7, 11) is 1.45. The fourth-order valence-electron chi connectivity index (χ4n) is 8.84. The monoisotopic (exact) mass is 1110 g/mol. The zero-order chi connectivity index (χ0) is 57.2. The average Bonchev–Trinajstić information content (AvgIpc) is 3.40. The predicted octanol–water partition coefficient (Wildman–Crippen LogP) is 19.9. The van der Waals surface area contributed by atoms with Crippen LogP contribution in [-0.2, 0) is 27.9 Å². The van der Waals surface area contributed by atoms with E-state index in [2.05, 4.69) is 105 Å². The van der Waals surface area contributed by atoms with Gasteiger partial charge < -0.3 is 19.4 Å². The van der Waals surface area contributed by atoms with Crippen molar-refractivity contribution >= 4 is 19.7 Å². The zero-order valence-corrected chi connectivity index (χ0v) is 52.3. The maximum absolute atomic E-state index is 13.6. The fraction of sp³-hybridized carbons (Fsp3) is 0.735. The molecular formula is C68H122N2O7P+. The second-order valence-electron chi connectivity index (χ2n) is 22.5. The van der Waals surface area contributed by atoms with Gasteiger partial charge in [0.15, 0.2) is 0 Å². The number of phosphoric acid groups is 1. The molecule has 10 heteroatoms. The van der Waals surface area contributed by atoms with E-state index in [-0.39, 0.29) is 25.5 Å². The van der Waals surface area contributed by atoms with Crippen LogP contribution in [0.3, 0.4) is 0 Å². The molecular weight excluding hydrogens is 988 g/mol. The van der Waals surface area contributed by atoms with Crippen LogP contribution >= 0.6 is 7.82 Å². The molecule has 0 saturated heterocycles. The number of hydrogen-bond donors (Lipinski definition) is 2. The molecule has 3 atom stereocenters. The Hall–Kier alpha value is -3.07. The first-order chi connectivity index (χ1) is 37.9. The maximum Gasteiger partial charge on any atom is 0.472 e. The minimum absolute atomic E-state index is 0.0254. The van der Waals surface area contributed by atoms with Crippen LogP contribution in [0.2, 0.25) is 0 Å². The van der Waals surface area contributed by atoms with Crippen molar-refractivity contribution in [3.05, 3.63) is 97.2 Å². The van der Waals surface area contributed by atoms with E-state index in [0.717, 1.165) is 77.0 Å². The summed E-state index contributed by atoms with van der Waals surface area (Å²) in [5.74, 6) is -0.603. The number of carbonyl (C=O) groups excluding carboxylic acids is 2. The number of nitrogens with one attached hydrogen (secondary N) is 1. The number of nitrogens with zero attached hydrogens (tertiary/aromatic N) is 1. The highest BCUT2D eigenvalue weighted by molar-refractivity contribution is 7.47. The van der Waals surface area contributed by atoms with Crippen LogP contribution in [0.25, 0.3) is 0 Å². The maximum atomic E-state index is 13.6. The number of quaternary nitrogens is 1. The molecule has 0 rings (SSSR count). The number of esters is 1. The Labute approximate surface area is 481 Å². The number of phosphoric ester groups is 1. The minimum Gasteiger partial charge on any atom is -0.456 e. The van der Waals surface area contributed by atoms with Crippen LogP contribution in [0, 0.1) is 0 Å². The van der Waals surface area contributed by atoms with Crippen molar-refractivity contribution in [2.24, 2.45) is 0 Å². The first kappa shape index (κ1) is 74.9.